The standard InChI is InChI=1S/C3H8N2S/c1-6-3-2-5-4/h4H,2-3H2,1H3. The van der Waals surface area contributed by atoms with E-state index in [-0.39, 0.29) is 0 Å². The van der Waals surface area contributed by atoms with Gasteiger partial charge in [-0.15, -0.1) is 0 Å². The second-order valence-electron chi connectivity index (χ2n) is 0.875. The molecule has 2 nitrogen and oxygen atoms in total. The monoisotopic (exact) mass is 104 g/mol. The van der Waals surface area contributed by atoms with E-state index in [0.29, 0.717) is 6.54 Å². The van der Waals surface area contributed by atoms with Gasteiger partial charge >= 0.3 is 0 Å². The van der Waals surface area contributed by atoms with Gasteiger partial charge < -0.3 is 0 Å². The van der Waals surface area contributed by atoms with Gasteiger partial charge in [0.15, 0.2) is 0 Å². The summed E-state index contributed by atoms with van der Waals surface area (Å²) in [4.78, 5) is 0. The van der Waals surface area contributed by atoms with E-state index in [1.165, 1.54) is 0 Å². The van der Waals surface area contributed by atoms with Gasteiger partial charge in [0.05, 0.1) is 6.54 Å². The second kappa shape index (κ2) is 4.95. The van der Waals surface area contributed by atoms with Gasteiger partial charge in [0.2, 0.25) is 0 Å². The fraction of sp³-hybridized carbons (Fsp3) is 1.00. The lowest BCUT2D eigenvalue weighted by atomic mass is 10.8. The summed E-state index contributed by atoms with van der Waals surface area (Å²) in [5, 5.41) is 3.15. The number of nitrogens with zero attached hydrogens (tertiary/aromatic N) is 1. The Bertz CT molecular complexity index is 37.8. The van der Waals surface area contributed by atoms with E-state index in [2.05, 4.69) is 5.11 Å². The van der Waals surface area contributed by atoms with Crippen molar-refractivity contribution in [2.24, 2.45) is 5.11 Å². The molecular formula is C3H8N2S. The Hall–Kier alpha value is -0.0500. The highest BCUT2D eigenvalue weighted by molar-refractivity contribution is 7.98. The van der Waals surface area contributed by atoms with E-state index in [1.807, 2.05) is 6.26 Å². The predicted molar refractivity (Wildman–Crippen MR) is 28.4 cm³/mol. The average molecular weight is 104 g/mol. The van der Waals surface area contributed by atoms with Crippen LogP contribution in [0.1, 0.15) is 0 Å². The molecule has 36 valence electrons. The van der Waals surface area contributed by atoms with Crippen LogP contribution in [0.5, 0.6) is 0 Å². The highest BCUT2D eigenvalue weighted by Crippen LogP contribution is 1.88. The van der Waals surface area contributed by atoms with Gasteiger partial charge in [0.1, 0.15) is 0 Å². The molecule has 0 radical (unpaired) electrons. The van der Waals surface area contributed by atoms with Crippen LogP contribution in [0.3, 0.4) is 0 Å². The first-order valence-electron chi connectivity index (χ1n) is 1.74. The van der Waals surface area contributed by atoms with E-state index >= 15 is 0 Å². The first kappa shape index (κ1) is 5.95. The molecular weight excluding hydrogens is 96.1 g/mol. The van der Waals surface area contributed by atoms with Gasteiger partial charge in [-0.1, -0.05) is 0 Å². The minimum Gasteiger partial charge on any atom is -0.210 e. The lowest BCUT2D eigenvalue weighted by molar-refractivity contribution is 0.958. The van der Waals surface area contributed by atoms with Crippen molar-refractivity contribution < 1.29 is 0 Å². The van der Waals surface area contributed by atoms with Crippen LogP contribution in [0.2, 0.25) is 0 Å². The third kappa shape index (κ3) is 3.95. The van der Waals surface area contributed by atoms with Gasteiger partial charge in [-0.2, -0.15) is 16.9 Å². The van der Waals surface area contributed by atoms with Crippen LogP contribution < -0.4 is 0 Å². The molecule has 0 unspecified atom stereocenters. The number of hydrogen-bond acceptors (Lipinski definition) is 3. The van der Waals surface area contributed by atoms with Crippen LogP contribution >= 0.6 is 11.8 Å². The van der Waals surface area contributed by atoms with Crippen molar-refractivity contribution in [2.45, 2.75) is 0 Å². The molecule has 0 aromatic heterocycles. The van der Waals surface area contributed by atoms with Crippen LogP contribution in [0.25, 0.3) is 0 Å². The highest BCUT2D eigenvalue weighted by Gasteiger charge is 1.73. The van der Waals surface area contributed by atoms with Crippen LogP contribution in [-0.2, 0) is 0 Å². The Morgan fingerprint density at radius 2 is 2.50 bits per heavy atom. The minimum atomic E-state index is 0.668. The second-order valence-corrected chi connectivity index (χ2v) is 1.86. The van der Waals surface area contributed by atoms with Crippen LogP contribution in [0, 0.1) is 5.53 Å². The molecule has 3 heteroatoms. The van der Waals surface area contributed by atoms with E-state index in [9.17, 15) is 0 Å². The third-order valence-electron chi connectivity index (χ3n) is 0.407. The summed E-state index contributed by atoms with van der Waals surface area (Å²) in [5.41, 5.74) is 6.32. The summed E-state index contributed by atoms with van der Waals surface area (Å²) < 4.78 is 0. The summed E-state index contributed by atoms with van der Waals surface area (Å²) >= 11 is 1.71. The highest BCUT2D eigenvalue weighted by atomic mass is 32.2. The maximum atomic E-state index is 6.32. The molecule has 0 saturated carbocycles. The molecule has 0 bridgehead atoms. The fourth-order valence-corrected chi connectivity index (χ4v) is 0.411. The Morgan fingerprint density at radius 1 is 1.83 bits per heavy atom. The Morgan fingerprint density at radius 3 is 2.67 bits per heavy atom. The third-order valence-corrected chi connectivity index (χ3v) is 0.998. The van der Waals surface area contributed by atoms with Crippen molar-refractivity contribution in [1.82, 2.24) is 0 Å². The van der Waals surface area contributed by atoms with Gasteiger partial charge in [0, 0.05) is 5.75 Å². The SMILES string of the molecule is CSCCN=N. The van der Waals surface area contributed by atoms with Crippen LogP contribution in [0.4, 0.5) is 0 Å². The fourth-order valence-electron chi connectivity index (χ4n) is 0.137. The molecule has 6 heavy (non-hydrogen) atoms. The van der Waals surface area contributed by atoms with Gasteiger partial charge in [-0.25, -0.2) is 5.53 Å². The number of rotatable bonds is 3. The van der Waals surface area contributed by atoms with E-state index < -0.39 is 0 Å². The molecule has 0 aliphatic rings. The van der Waals surface area contributed by atoms with Crippen LogP contribution in [-0.4, -0.2) is 18.6 Å². The van der Waals surface area contributed by atoms with Crippen molar-refractivity contribution in [3.63, 3.8) is 0 Å². The van der Waals surface area contributed by atoms with Crippen molar-refractivity contribution in [2.75, 3.05) is 18.6 Å². The van der Waals surface area contributed by atoms with E-state index in [0.717, 1.165) is 5.75 Å². The zero-order chi connectivity index (χ0) is 4.83. The molecule has 0 aromatic rings. The number of nitrogens with one attached hydrogen (secondary N) is 1. The smallest absolute Gasteiger partial charge is 0.0686 e. The van der Waals surface area contributed by atoms with Crippen molar-refractivity contribution in [3.8, 4) is 0 Å². The largest absolute Gasteiger partial charge is 0.210 e. The first-order chi connectivity index (χ1) is 2.91. The maximum absolute atomic E-state index is 6.32. The predicted octanol–water partition coefficient (Wildman–Crippen LogP) is 1.38. The van der Waals surface area contributed by atoms with E-state index in [4.69, 9.17) is 5.53 Å². The molecule has 0 spiro atoms. The normalized spacial score (nSPS) is 8.17. The quantitative estimate of drug-likeness (QED) is 0.426. The summed E-state index contributed by atoms with van der Waals surface area (Å²) in [6.07, 6.45) is 2.01. The van der Waals surface area contributed by atoms with Gasteiger partial charge in [0.25, 0.3) is 0 Å². The summed E-state index contributed by atoms with van der Waals surface area (Å²) in [7, 11) is 0. The van der Waals surface area contributed by atoms with Crippen molar-refractivity contribution in [3.05, 3.63) is 0 Å². The molecule has 1 N–H and O–H groups in total. The molecule has 0 aromatic carbocycles. The number of hydrogen-bond donors (Lipinski definition) is 1. The summed E-state index contributed by atoms with van der Waals surface area (Å²) in [5.74, 6) is 0.976. The molecule has 0 aliphatic carbocycles. The van der Waals surface area contributed by atoms with Gasteiger partial charge in [-0.05, 0) is 6.26 Å². The Labute approximate surface area is 41.8 Å². The molecule has 0 aliphatic heterocycles. The molecule has 0 atom stereocenters. The molecule has 0 rings (SSSR count). The maximum Gasteiger partial charge on any atom is 0.0686 e. The first-order valence-corrected chi connectivity index (χ1v) is 3.13. The summed E-state index contributed by atoms with van der Waals surface area (Å²) in [6.45, 7) is 0.668. The average Bonchev–Trinajstić information content (AvgIpc) is 1.61. The molecule has 0 fully saturated rings. The topological polar surface area (TPSA) is 36.2 Å². The zero-order valence-corrected chi connectivity index (χ0v) is 4.59. The Balaban J connectivity index is 2.49. The zero-order valence-electron chi connectivity index (χ0n) is 3.77. The molecule has 0 heterocycles. The van der Waals surface area contributed by atoms with Crippen LogP contribution in [0.15, 0.2) is 5.11 Å². The molecule has 0 saturated heterocycles. The lowest BCUT2D eigenvalue weighted by Crippen LogP contribution is -1.78. The lowest BCUT2D eigenvalue weighted by Gasteiger charge is -1.81. The Kier molecular flexibility index (Phi) is 4.91. The van der Waals surface area contributed by atoms with Crippen molar-refractivity contribution in [1.29, 1.82) is 5.53 Å². The molecule has 0 amide bonds. The summed E-state index contributed by atoms with van der Waals surface area (Å²) in [6, 6.07) is 0. The van der Waals surface area contributed by atoms with E-state index in [1.54, 1.807) is 11.8 Å². The minimum absolute atomic E-state index is 0.668. The van der Waals surface area contributed by atoms with Crippen molar-refractivity contribution >= 4 is 11.8 Å². The van der Waals surface area contributed by atoms with Gasteiger partial charge in [-0.3, -0.25) is 0 Å². The number of thioether (sulfide) groups is 1.